The maximum Gasteiger partial charge on any atom is 0.251 e. The van der Waals surface area contributed by atoms with E-state index in [1.807, 2.05) is 0 Å². The minimum absolute atomic E-state index is 0.125. The van der Waals surface area contributed by atoms with Crippen molar-refractivity contribution in [2.75, 3.05) is 13.7 Å². The van der Waals surface area contributed by atoms with Gasteiger partial charge in [0.25, 0.3) is 5.91 Å². The Morgan fingerprint density at radius 3 is 2.77 bits per heavy atom. The number of amides is 2. The molecule has 8 nitrogen and oxygen atoms in total. The molecular formula is C18H22N4O4. The quantitative estimate of drug-likeness (QED) is 0.874. The van der Waals surface area contributed by atoms with Crippen molar-refractivity contribution >= 4 is 11.8 Å². The van der Waals surface area contributed by atoms with Gasteiger partial charge in [-0.1, -0.05) is 5.16 Å². The molecule has 2 amide bonds. The van der Waals surface area contributed by atoms with Crippen LogP contribution in [0.1, 0.15) is 41.3 Å². The lowest BCUT2D eigenvalue weighted by Gasteiger charge is -2.23. The molecule has 1 atom stereocenters. The summed E-state index contributed by atoms with van der Waals surface area (Å²) in [4.78, 5) is 31.1. The van der Waals surface area contributed by atoms with Crippen LogP contribution in [0, 0.1) is 6.92 Å². The Hall–Kier alpha value is -2.90. The molecule has 0 bridgehead atoms. The number of nitrogens with zero attached hydrogens (tertiary/aromatic N) is 3. The van der Waals surface area contributed by atoms with Crippen molar-refractivity contribution in [1.82, 2.24) is 20.4 Å². The molecule has 0 aliphatic carbocycles. The van der Waals surface area contributed by atoms with Gasteiger partial charge in [-0.25, -0.2) is 0 Å². The molecule has 1 aliphatic heterocycles. The van der Waals surface area contributed by atoms with E-state index in [-0.39, 0.29) is 18.4 Å². The Morgan fingerprint density at radius 2 is 2.12 bits per heavy atom. The van der Waals surface area contributed by atoms with E-state index in [1.54, 1.807) is 43.2 Å². The molecule has 0 radical (unpaired) electrons. The highest BCUT2D eigenvalue weighted by molar-refractivity contribution is 5.97. The van der Waals surface area contributed by atoms with Crippen LogP contribution in [0.3, 0.4) is 0 Å². The van der Waals surface area contributed by atoms with E-state index < -0.39 is 6.04 Å². The van der Waals surface area contributed by atoms with Crippen molar-refractivity contribution in [1.29, 1.82) is 0 Å². The van der Waals surface area contributed by atoms with Crippen LogP contribution < -0.4 is 10.1 Å². The number of aryl methyl sites for hydroxylation is 1. The van der Waals surface area contributed by atoms with Gasteiger partial charge in [0.2, 0.25) is 11.8 Å². The fourth-order valence-electron chi connectivity index (χ4n) is 2.95. The van der Waals surface area contributed by atoms with Crippen LogP contribution >= 0.6 is 0 Å². The van der Waals surface area contributed by atoms with E-state index in [9.17, 15) is 9.59 Å². The second kappa shape index (κ2) is 7.99. The summed E-state index contributed by atoms with van der Waals surface area (Å²) in [7, 11) is 1.57. The number of rotatable bonds is 5. The fourth-order valence-corrected chi connectivity index (χ4v) is 2.95. The smallest absolute Gasteiger partial charge is 0.251 e. The van der Waals surface area contributed by atoms with E-state index in [0.717, 1.165) is 12.8 Å². The number of methoxy groups -OCH3 is 1. The summed E-state index contributed by atoms with van der Waals surface area (Å²) < 4.78 is 10.2. The number of benzene rings is 1. The SMILES string of the molecule is COc1ccc(C(=O)NC2CCCCN(Cc3nc(C)no3)C2=O)cc1. The lowest BCUT2D eigenvalue weighted by molar-refractivity contribution is -0.133. The highest BCUT2D eigenvalue weighted by Gasteiger charge is 2.29. The number of likely N-dealkylation sites (tertiary alicyclic amines) is 1. The highest BCUT2D eigenvalue weighted by Crippen LogP contribution is 2.16. The summed E-state index contributed by atoms with van der Waals surface area (Å²) in [6, 6.07) is 6.22. The Kier molecular flexibility index (Phi) is 5.50. The number of aromatic nitrogens is 2. The van der Waals surface area contributed by atoms with Crippen molar-refractivity contribution in [3.8, 4) is 5.75 Å². The fraction of sp³-hybridized carbons (Fsp3) is 0.444. The first-order valence-electron chi connectivity index (χ1n) is 8.59. The van der Waals surface area contributed by atoms with Gasteiger partial charge in [-0.05, 0) is 50.5 Å². The van der Waals surface area contributed by atoms with E-state index in [2.05, 4.69) is 15.5 Å². The predicted octanol–water partition coefficient (Wildman–Crippen LogP) is 1.70. The topological polar surface area (TPSA) is 97.6 Å². The second-order valence-corrected chi connectivity index (χ2v) is 6.25. The monoisotopic (exact) mass is 358 g/mol. The first kappa shape index (κ1) is 17.9. The molecule has 8 heteroatoms. The molecule has 0 spiro atoms. The molecule has 1 aromatic carbocycles. The Bertz CT molecular complexity index is 772. The maximum absolute atomic E-state index is 12.8. The average Bonchev–Trinajstić information content (AvgIpc) is 2.99. The Morgan fingerprint density at radius 1 is 1.35 bits per heavy atom. The maximum atomic E-state index is 12.8. The third kappa shape index (κ3) is 4.19. The summed E-state index contributed by atoms with van der Waals surface area (Å²) in [5, 5.41) is 6.59. The molecule has 2 aromatic rings. The molecule has 1 saturated heterocycles. The summed E-state index contributed by atoms with van der Waals surface area (Å²) in [6.07, 6.45) is 2.34. The standard InChI is InChI=1S/C18H22N4O4/c1-12-19-16(26-21-12)11-22-10-4-3-5-15(18(22)24)20-17(23)13-6-8-14(25-2)9-7-13/h6-9,15H,3-5,10-11H2,1-2H3,(H,20,23). The van der Waals surface area contributed by atoms with Gasteiger partial charge in [0.1, 0.15) is 18.3 Å². The molecule has 2 heterocycles. The summed E-state index contributed by atoms with van der Waals surface area (Å²) in [5.74, 6) is 1.21. The third-order valence-corrected chi connectivity index (χ3v) is 4.33. The van der Waals surface area contributed by atoms with Crippen LogP contribution in [0.4, 0.5) is 0 Å². The molecular weight excluding hydrogens is 336 g/mol. The van der Waals surface area contributed by atoms with Gasteiger partial charge < -0.3 is 19.5 Å². The lowest BCUT2D eigenvalue weighted by Crippen LogP contribution is -2.47. The Labute approximate surface area is 151 Å². The zero-order valence-corrected chi connectivity index (χ0v) is 14.9. The molecule has 1 N–H and O–H groups in total. The number of hydrogen-bond acceptors (Lipinski definition) is 6. The molecule has 1 aliphatic rings. The normalized spacial score (nSPS) is 17.7. The first-order chi connectivity index (χ1) is 12.6. The number of nitrogens with one attached hydrogen (secondary N) is 1. The number of carbonyl (C=O) groups is 2. The van der Waals surface area contributed by atoms with E-state index in [4.69, 9.17) is 9.26 Å². The van der Waals surface area contributed by atoms with Gasteiger partial charge in [-0.3, -0.25) is 9.59 Å². The predicted molar refractivity (Wildman–Crippen MR) is 92.6 cm³/mol. The molecule has 3 rings (SSSR count). The van der Waals surface area contributed by atoms with Gasteiger partial charge in [-0.15, -0.1) is 0 Å². The summed E-state index contributed by atoms with van der Waals surface area (Å²) in [5.41, 5.74) is 0.488. The third-order valence-electron chi connectivity index (χ3n) is 4.33. The minimum atomic E-state index is -0.559. The Balaban J connectivity index is 1.67. The van der Waals surface area contributed by atoms with Gasteiger partial charge >= 0.3 is 0 Å². The highest BCUT2D eigenvalue weighted by atomic mass is 16.5. The van der Waals surface area contributed by atoms with Crippen LogP contribution in [0.25, 0.3) is 0 Å². The largest absolute Gasteiger partial charge is 0.497 e. The van der Waals surface area contributed by atoms with Crippen LogP contribution in [0.5, 0.6) is 5.75 Å². The first-order valence-corrected chi connectivity index (χ1v) is 8.59. The number of ether oxygens (including phenoxy) is 1. The molecule has 138 valence electrons. The van der Waals surface area contributed by atoms with Crippen molar-refractivity contribution in [2.24, 2.45) is 0 Å². The molecule has 1 unspecified atom stereocenters. The van der Waals surface area contributed by atoms with Gasteiger partial charge in [0, 0.05) is 12.1 Å². The zero-order valence-electron chi connectivity index (χ0n) is 14.9. The van der Waals surface area contributed by atoms with E-state index in [0.29, 0.717) is 36.0 Å². The zero-order chi connectivity index (χ0) is 18.5. The molecule has 1 aromatic heterocycles. The minimum Gasteiger partial charge on any atom is -0.497 e. The number of hydrogen-bond donors (Lipinski definition) is 1. The second-order valence-electron chi connectivity index (χ2n) is 6.25. The number of carbonyl (C=O) groups excluding carboxylic acids is 2. The van der Waals surface area contributed by atoms with Crippen LogP contribution in [-0.2, 0) is 11.3 Å². The molecule has 1 fully saturated rings. The lowest BCUT2D eigenvalue weighted by atomic mass is 10.1. The molecule has 0 saturated carbocycles. The van der Waals surface area contributed by atoms with Gasteiger partial charge in [-0.2, -0.15) is 4.98 Å². The van der Waals surface area contributed by atoms with Crippen molar-refractivity contribution in [3.05, 3.63) is 41.5 Å². The van der Waals surface area contributed by atoms with Crippen molar-refractivity contribution in [3.63, 3.8) is 0 Å². The van der Waals surface area contributed by atoms with Crippen molar-refractivity contribution < 1.29 is 18.8 Å². The van der Waals surface area contributed by atoms with Crippen LogP contribution in [0.15, 0.2) is 28.8 Å². The summed E-state index contributed by atoms with van der Waals surface area (Å²) in [6.45, 7) is 2.60. The van der Waals surface area contributed by atoms with E-state index >= 15 is 0 Å². The van der Waals surface area contributed by atoms with Crippen LogP contribution in [0.2, 0.25) is 0 Å². The van der Waals surface area contributed by atoms with E-state index in [1.165, 1.54) is 0 Å². The van der Waals surface area contributed by atoms with Gasteiger partial charge in [0.15, 0.2) is 5.82 Å². The van der Waals surface area contributed by atoms with Crippen molar-refractivity contribution in [2.45, 2.75) is 38.8 Å². The van der Waals surface area contributed by atoms with Gasteiger partial charge in [0.05, 0.1) is 7.11 Å². The summed E-state index contributed by atoms with van der Waals surface area (Å²) >= 11 is 0. The molecule has 26 heavy (non-hydrogen) atoms. The van der Waals surface area contributed by atoms with Crippen LogP contribution in [-0.4, -0.2) is 46.6 Å². The average molecular weight is 358 g/mol.